The van der Waals surface area contributed by atoms with Crippen molar-refractivity contribution in [1.82, 2.24) is 4.98 Å². The lowest BCUT2D eigenvalue weighted by molar-refractivity contribution is -0.115. The monoisotopic (exact) mass is 265 g/mol. The maximum absolute atomic E-state index is 12.3. The lowest BCUT2D eigenvalue weighted by Crippen LogP contribution is -2.12. The van der Waals surface area contributed by atoms with Crippen molar-refractivity contribution in [3.05, 3.63) is 53.7 Å². The van der Waals surface area contributed by atoms with E-state index in [1.165, 1.54) is 0 Å². The van der Waals surface area contributed by atoms with Gasteiger partial charge in [0.2, 0.25) is 0 Å². The number of pyridine rings is 1. The number of carbonyl (C=O) groups excluding carboxylic acids is 1. The molecule has 0 amide bonds. The molecule has 0 saturated heterocycles. The van der Waals surface area contributed by atoms with Gasteiger partial charge in [0.05, 0.1) is 11.9 Å². The van der Waals surface area contributed by atoms with E-state index in [-0.39, 0.29) is 5.78 Å². The van der Waals surface area contributed by atoms with Crippen molar-refractivity contribution in [1.29, 1.82) is 0 Å². The van der Waals surface area contributed by atoms with Crippen molar-refractivity contribution in [3.8, 4) is 0 Å². The van der Waals surface area contributed by atoms with E-state index in [0.717, 1.165) is 41.4 Å². The summed E-state index contributed by atoms with van der Waals surface area (Å²) >= 11 is 0. The number of rotatable bonds is 3. The number of carbonyl (C=O) groups is 1. The summed E-state index contributed by atoms with van der Waals surface area (Å²) in [6.07, 6.45) is 5.63. The molecule has 1 aliphatic rings. The smallest absolute Gasteiger partial charge is 0.164 e. The number of benzene rings is 1. The van der Waals surface area contributed by atoms with E-state index in [0.29, 0.717) is 12.3 Å². The van der Waals surface area contributed by atoms with Gasteiger partial charge in [0, 0.05) is 11.1 Å². The van der Waals surface area contributed by atoms with Crippen molar-refractivity contribution in [2.75, 3.05) is 0 Å². The number of para-hydroxylation sites is 1. The number of hydrogen-bond acceptors (Lipinski definition) is 2. The van der Waals surface area contributed by atoms with Crippen LogP contribution in [0.25, 0.3) is 10.9 Å². The van der Waals surface area contributed by atoms with Crippen molar-refractivity contribution >= 4 is 16.7 Å². The molecule has 0 N–H and O–H groups in total. The third-order valence-corrected chi connectivity index (χ3v) is 4.03. The van der Waals surface area contributed by atoms with E-state index in [2.05, 4.69) is 18.0 Å². The van der Waals surface area contributed by atoms with E-state index in [9.17, 15) is 4.79 Å². The first-order valence-electron chi connectivity index (χ1n) is 7.29. The molecule has 0 saturated carbocycles. The molecule has 0 radical (unpaired) electrons. The zero-order valence-corrected chi connectivity index (χ0v) is 11.8. The SMILES string of the molecule is CC1CC=C(C(=O)Cc2ccc3ccccc3n2)CC1. The molecule has 2 heteroatoms. The number of fused-ring (bicyclic) bond motifs is 1. The molecule has 2 nitrogen and oxygen atoms in total. The molecule has 2 aromatic rings. The van der Waals surface area contributed by atoms with E-state index in [1.54, 1.807) is 0 Å². The summed E-state index contributed by atoms with van der Waals surface area (Å²) in [5.74, 6) is 0.949. The molecular formula is C18H19NO. The Morgan fingerprint density at radius 3 is 2.90 bits per heavy atom. The normalized spacial score (nSPS) is 18.9. The number of nitrogens with zero attached hydrogens (tertiary/aromatic N) is 1. The summed E-state index contributed by atoms with van der Waals surface area (Å²) in [5, 5.41) is 1.12. The summed E-state index contributed by atoms with van der Waals surface area (Å²) in [4.78, 5) is 16.9. The van der Waals surface area contributed by atoms with Gasteiger partial charge in [0.25, 0.3) is 0 Å². The minimum Gasteiger partial charge on any atom is -0.294 e. The molecule has 1 aromatic carbocycles. The first kappa shape index (κ1) is 13.0. The van der Waals surface area contributed by atoms with Gasteiger partial charge in [0.1, 0.15) is 0 Å². The summed E-state index contributed by atoms with van der Waals surface area (Å²) in [5.41, 5.74) is 2.83. The number of hydrogen-bond donors (Lipinski definition) is 0. The van der Waals surface area contributed by atoms with Crippen LogP contribution in [0.4, 0.5) is 0 Å². The maximum Gasteiger partial charge on any atom is 0.164 e. The summed E-state index contributed by atoms with van der Waals surface area (Å²) in [6, 6.07) is 12.0. The van der Waals surface area contributed by atoms with Gasteiger partial charge in [-0.15, -0.1) is 0 Å². The Kier molecular flexibility index (Phi) is 3.64. The first-order chi connectivity index (χ1) is 9.72. The minimum absolute atomic E-state index is 0.236. The van der Waals surface area contributed by atoms with Crippen molar-refractivity contribution in [3.63, 3.8) is 0 Å². The summed E-state index contributed by atoms with van der Waals surface area (Å²) in [6.45, 7) is 2.24. The predicted molar refractivity (Wildman–Crippen MR) is 81.6 cm³/mol. The molecule has 1 unspecified atom stereocenters. The molecule has 1 aliphatic carbocycles. The van der Waals surface area contributed by atoms with Gasteiger partial charge in [0.15, 0.2) is 5.78 Å². The molecule has 0 bridgehead atoms. The van der Waals surface area contributed by atoms with Crippen molar-refractivity contribution in [2.24, 2.45) is 5.92 Å². The molecular weight excluding hydrogens is 246 g/mol. The first-order valence-corrected chi connectivity index (χ1v) is 7.29. The van der Waals surface area contributed by atoms with Crippen molar-refractivity contribution < 1.29 is 4.79 Å². The quantitative estimate of drug-likeness (QED) is 0.836. The Labute approximate surface area is 119 Å². The predicted octanol–water partition coefficient (Wildman–Crippen LogP) is 4.09. The van der Waals surface area contributed by atoms with Crippen LogP contribution in [0, 0.1) is 5.92 Å². The number of allylic oxidation sites excluding steroid dienone is 2. The van der Waals surface area contributed by atoms with Gasteiger partial charge < -0.3 is 0 Å². The van der Waals surface area contributed by atoms with Gasteiger partial charge in [-0.05, 0) is 42.9 Å². The van der Waals surface area contributed by atoms with E-state index < -0.39 is 0 Å². The van der Waals surface area contributed by atoms with Gasteiger partial charge in [-0.25, -0.2) is 0 Å². The van der Waals surface area contributed by atoms with Crippen LogP contribution in [0.2, 0.25) is 0 Å². The van der Waals surface area contributed by atoms with Crippen LogP contribution in [0.5, 0.6) is 0 Å². The summed E-state index contributed by atoms with van der Waals surface area (Å²) in [7, 11) is 0. The summed E-state index contributed by atoms with van der Waals surface area (Å²) < 4.78 is 0. The lowest BCUT2D eigenvalue weighted by Gasteiger charge is -2.17. The molecule has 1 heterocycles. The highest BCUT2D eigenvalue weighted by Gasteiger charge is 2.16. The largest absolute Gasteiger partial charge is 0.294 e. The molecule has 0 aliphatic heterocycles. The third kappa shape index (κ3) is 2.79. The minimum atomic E-state index is 0.236. The number of aromatic nitrogens is 1. The molecule has 102 valence electrons. The van der Waals surface area contributed by atoms with E-state index in [1.807, 2.05) is 36.4 Å². The Bertz CT molecular complexity index is 672. The van der Waals surface area contributed by atoms with Gasteiger partial charge in [-0.3, -0.25) is 9.78 Å². The molecule has 0 fully saturated rings. The van der Waals surface area contributed by atoms with Gasteiger partial charge >= 0.3 is 0 Å². The molecule has 0 spiro atoms. The van der Waals surface area contributed by atoms with Crippen LogP contribution in [0.3, 0.4) is 0 Å². The Morgan fingerprint density at radius 1 is 1.25 bits per heavy atom. The highest BCUT2D eigenvalue weighted by atomic mass is 16.1. The zero-order chi connectivity index (χ0) is 13.9. The fourth-order valence-corrected chi connectivity index (χ4v) is 2.70. The number of ketones is 1. The molecule has 3 rings (SSSR count). The zero-order valence-electron chi connectivity index (χ0n) is 11.8. The van der Waals surface area contributed by atoms with Crippen LogP contribution in [0.15, 0.2) is 48.0 Å². The van der Waals surface area contributed by atoms with Gasteiger partial charge in [-0.2, -0.15) is 0 Å². The Hall–Kier alpha value is -1.96. The van der Waals surface area contributed by atoms with Crippen LogP contribution in [-0.4, -0.2) is 10.8 Å². The highest BCUT2D eigenvalue weighted by Crippen LogP contribution is 2.24. The molecule has 1 atom stereocenters. The third-order valence-electron chi connectivity index (χ3n) is 4.03. The van der Waals surface area contributed by atoms with Crippen LogP contribution in [-0.2, 0) is 11.2 Å². The molecule has 20 heavy (non-hydrogen) atoms. The van der Waals surface area contributed by atoms with Crippen LogP contribution < -0.4 is 0 Å². The highest BCUT2D eigenvalue weighted by molar-refractivity contribution is 5.97. The second-order valence-electron chi connectivity index (χ2n) is 5.70. The average Bonchev–Trinajstić information content (AvgIpc) is 2.48. The molecule has 1 aromatic heterocycles. The fourth-order valence-electron chi connectivity index (χ4n) is 2.70. The second kappa shape index (κ2) is 5.58. The Morgan fingerprint density at radius 2 is 2.10 bits per heavy atom. The fraction of sp³-hybridized carbons (Fsp3) is 0.333. The van der Waals surface area contributed by atoms with Gasteiger partial charge in [-0.1, -0.05) is 37.3 Å². The van der Waals surface area contributed by atoms with E-state index >= 15 is 0 Å². The van der Waals surface area contributed by atoms with Crippen LogP contribution in [0.1, 0.15) is 31.9 Å². The maximum atomic E-state index is 12.3. The standard InChI is InChI=1S/C18H19NO/c1-13-6-8-15(9-7-13)18(20)12-16-11-10-14-4-2-3-5-17(14)19-16/h2-5,8,10-11,13H,6-7,9,12H2,1H3. The lowest BCUT2D eigenvalue weighted by atomic mass is 9.88. The average molecular weight is 265 g/mol. The number of Topliss-reactive ketones (excluding diaryl/α,β-unsaturated/α-hetero) is 1. The topological polar surface area (TPSA) is 30.0 Å². The second-order valence-corrected chi connectivity index (χ2v) is 5.70. The van der Waals surface area contributed by atoms with E-state index in [4.69, 9.17) is 0 Å². The van der Waals surface area contributed by atoms with Crippen LogP contribution >= 0.6 is 0 Å². The van der Waals surface area contributed by atoms with Crippen molar-refractivity contribution in [2.45, 2.75) is 32.6 Å². The Balaban J connectivity index is 1.77.